The van der Waals surface area contributed by atoms with Crippen molar-refractivity contribution in [2.24, 2.45) is 0 Å². The van der Waals surface area contributed by atoms with Gasteiger partial charge in [-0.2, -0.15) is 0 Å². The van der Waals surface area contributed by atoms with Crippen LogP contribution in [-0.4, -0.2) is 34.7 Å². The molecule has 0 spiro atoms. The third-order valence-corrected chi connectivity index (χ3v) is 3.35. The van der Waals surface area contributed by atoms with Gasteiger partial charge in [-0.05, 0) is 12.1 Å². The van der Waals surface area contributed by atoms with E-state index in [4.69, 9.17) is 4.84 Å². The second-order valence-electron chi connectivity index (χ2n) is 4.82. The molecule has 0 aliphatic carbocycles. The van der Waals surface area contributed by atoms with Gasteiger partial charge in [-0.3, -0.25) is 19.2 Å². The molecule has 1 aromatic rings. The van der Waals surface area contributed by atoms with Gasteiger partial charge < -0.3 is 4.84 Å². The number of hydrogen-bond acceptors (Lipinski definition) is 6. The first-order chi connectivity index (χ1) is 11.0. The number of carbonyl (C=O) groups excluding carboxylic acids is 5. The van der Waals surface area contributed by atoms with E-state index >= 15 is 0 Å². The van der Waals surface area contributed by atoms with Crippen LogP contribution in [0, 0.1) is 0 Å². The summed E-state index contributed by atoms with van der Waals surface area (Å²) in [6.45, 7) is 0. The molecule has 0 unspecified atom stereocenters. The van der Waals surface area contributed by atoms with Crippen LogP contribution in [0.2, 0.25) is 0 Å². The van der Waals surface area contributed by atoms with E-state index in [9.17, 15) is 24.0 Å². The van der Waals surface area contributed by atoms with Gasteiger partial charge in [0.25, 0.3) is 23.6 Å². The molecule has 2 aliphatic rings. The second-order valence-corrected chi connectivity index (χ2v) is 4.82. The highest BCUT2D eigenvalue weighted by atomic mass is 16.7. The van der Waals surface area contributed by atoms with Crippen LogP contribution < -0.4 is 4.90 Å². The Kier molecular flexibility index (Phi) is 3.49. The molecular formula is C15H10N2O6. The molecule has 2 heterocycles. The maximum absolute atomic E-state index is 12.2. The van der Waals surface area contributed by atoms with Crippen LogP contribution >= 0.6 is 0 Å². The zero-order valence-electron chi connectivity index (χ0n) is 11.7. The van der Waals surface area contributed by atoms with Gasteiger partial charge in [0.05, 0.1) is 11.3 Å². The summed E-state index contributed by atoms with van der Waals surface area (Å²) in [6, 6.07) is 5.78. The molecule has 116 valence electrons. The molecule has 4 amide bonds. The summed E-state index contributed by atoms with van der Waals surface area (Å²) in [5.41, 5.74) is -0.0815. The summed E-state index contributed by atoms with van der Waals surface area (Å²) >= 11 is 0. The molecule has 0 aromatic heterocycles. The first kappa shape index (κ1) is 14.6. The van der Waals surface area contributed by atoms with Crippen LogP contribution in [0.15, 0.2) is 36.4 Å². The van der Waals surface area contributed by atoms with Gasteiger partial charge in [0.1, 0.15) is 0 Å². The van der Waals surface area contributed by atoms with Gasteiger partial charge in [0.2, 0.25) is 0 Å². The summed E-state index contributed by atoms with van der Waals surface area (Å²) in [7, 11) is 0. The molecule has 3 rings (SSSR count). The molecule has 1 aromatic carbocycles. The first-order valence-electron chi connectivity index (χ1n) is 6.72. The highest BCUT2D eigenvalue weighted by molar-refractivity contribution is 6.29. The number of para-hydroxylation sites is 1. The Hall–Kier alpha value is -3.29. The maximum atomic E-state index is 12.2. The van der Waals surface area contributed by atoms with Crippen molar-refractivity contribution in [3.63, 3.8) is 0 Å². The number of hydroxylamine groups is 2. The van der Waals surface area contributed by atoms with Crippen molar-refractivity contribution in [2.75, 3.05) is 4.90 Å². The largest absolute Gasteiger partial charge is 0.366 e. The Balaban J connectivity index is 1.90. The van der Waals surface area contributed by atoms with Crippen molar-refractivity contribution in [3.8, 4) is 0 Å². The van der Waals surface area contributed by atoms with Crippen LogP contribution in [0.4, 0.5) is 5.69 Å². The first-order valence-corrected chi connectivity index (χ1v) is 6.72. The van der Waals surface area contributed by atoms with E-state index in [2.05, 4.69) is 0 Å². The summed E-state index contributed by atoms with van der Waals surface area (Å²) in [5, 5.41) is 0.408. The molecule has 0 bridgehead atoms. The van der Waals surface area contributed by atoms with Crippen molar-refractivity contribution in [1.29, 1.82) is 0 Å². The molecular weight excluding hydrogens is 304 g/mol. The van der Waals surface area contributed by atoms with E-state index < -0.39 is 29.6 Å². The number of nitrogens with zero attached hydrogens (tertiary/aromatic N) is 2. The Labute approximate surface area is 129 Å². The molecule has 8 nitrogen and oxygen atoms in total. The SMILES string of the molecule is O=C(ON1C(=O)CCC1=O)c1ccccc1N1C(=O)C=CC1=O. The maximum Gasteiger partial charge on any atom is 0.366 e. The molecule has 2 aliphatic heterocycles. The lowest BCUT2D eigenvalue weighted by Gasteiger charge is -2.18. The van der Waals surface area contributed by atoms with Crippen LogP contribution in [0.5, 0.6) is 0 Å². The van der Waals surface area contributed by atoms with Gasteiger partial charge in [-0.25, -0.2) is 9.69 Å². The van der Waals surface area contributed by atoms with Gasteiger partial charge in [0.15, 0.2) is 0 Å². The fourth-order valence-corrected chi connectivity index (χ4v) is 2.27. The molecule has 0 saturated carbocycles. The molecule has 8 heteroatoms. The lowest BCUT2D eigenvalue weighted by Crippen LogP contribution is -2.34. The van der Waals surface area contributed by atoms with Crippen LogP contribution in [0.1, 0.15) is 23.2 Å². The highest BCUT2D eigenvalue weighted by Crippen LogP contribution is 2.25. The number of hydrogen-bond donors (Lipinski definition) is 0. The zero-order chi connectivity index (χ0) is 16.6. The monoisotopic (exact) mass is 314 g/mol. The van der Waals surface area contributed by atoms with Gasteiger partial charge >= 0.3 is 5.97 Å². The lowest BCUT2D eigenvalue weighted by atomic mass is 10.1. The number of anilines is 1. The molecule has 1 saturated heterocycles. The summed E-state index contributed by atoms with van der Waals surface area (Å²) in [5.74, 6) is -3.42. The van der Waals surface area contributed by atoms with E-state index in [0.29, 0.717) is 5.06 Å². The molecule has 0 radical (unpaired) electrons. The van der Waals surface area contributed by atoms with Crippen LogP contribution in [0.3, 0.4) is 0 Å². The van der Waals surface area contributed by atoms with Crippen molar-refractivity contribution < 1.29 is 28.8 Å². The molecule has 23 heavy (non-hydrogen) atoms. The third kappa shape index (κ3) is 2.50. The van der Waals surface area contributed by atoms with E-state index in [0.717, 1.165) is 17.1 Å². The number of amides is 4. The Bertz CT molecular complexity index is 748. The van der Waals surface area contributed by atoms with E-state index in [1.54, 1.807) is 0 Å². The predicted molar refractivity (Wildman–Crippen MR) is 74.6 cm³/mol. The molecule has 1 fully saturated rings. The standard InChI is InChI=1S/C15H10N2O6/c18-11-5-6-12(19)16(11)10-4-2-1-3-9(10)15(22)23-17-13(20)7-8-14(17)21/h1-6H,7-8H2. The van der Waals surface area contributed by atoms with Gasteiger partial charge in [0, 0.05) is 25.0 Å². The Morgan fingerprint density at radius 1 is 0.913 bits per heavy atom. The minimum absolute atomic E-state index is 0.0246. The average molecular weight is 314 g/mol. The number of rotatable bonds is 3. The van der Waals surface area contributed by atoms with E-state index in [1.165, 1.54) is 24.3 Å². The highest BCUT2D eigenvalue weighted by Gasteiger charge is 2.35. The van der Waals surface area contributed by atoms with Crippen molar-refractivity contribution in [2.45, 2.75) is 12.8 Å². The van der Waals surface area contributed by atoms with Gasteiger partial charge in [-0.15, -0.1) is 5.06 Å². The molecule has 0 N–H and O–H groups in total. The number of benzene rings is 1. The van der Waals surface area contributed by atoms with Crippen LogP contribution in [-0.2, 0) is 24.0 Å². The fourth-order valence-electron chi connectivity index (χ4n) is 2.27. The van der Waals surface area contributed by atoms with E-state index in [1.807, 2.05) is 0 Å². The Morgan fingerprint density at radius 3 is 2.09 bits per heavy atom. The summed E-state index contributed by atoms with van der Waals surface area (Å²) < 4.78 is 0. The van der Waals surface area contributed by atoms with Gasteiger partial charge in [-0.1, -0.05) is 12.1 Å². The van der Waals surface area contributed by atoms with E-state index in [-0.39, 0.29) is 24.1 Å². The normalized spacial score (nSPS) is 17.4. The topological polar surface area (TPSA) is 101 Å². The second kappa shape index (κ2) is 5.48. The summed E-state index contributed by atoms with van der Waals surface area (Å²) in [4.78, 5) is 64.4. The smallest absolute Gasteiger partial charge is 0.325 e. The van der Waals surface area contributed by atoms with Crippen molar-refractivity contribution in [1.82, 2.24) is 5.06 Å². The minimum Gasteiger partial charge on any atom is -0.325 e. The summed E-state index contributed by atoms with van der Waals surface area (Å²) in [6.07, 6.45) is 2.11. The quantitative estimate of drug-likeness (QED) is 0.746. The number of imide groups is 2. The Morgan fingerprint density at radius 2 is 1.48 bits per heavy atom. The van der Waals surface area contributed by atoms with Crippen molar-refractivity contribution >= 4 is 35.3 Å². The average Bonchev–Trinajstić information content (AvgIpc) is 3.03. The third-order valence-electron chi connectivity index (χ3n) is 3.35. The molecule has 0 atom stereocenters. The lowest BCUT2D eigenvalue weighted by molar-refractivity contribution is -0.172. The van der Waals surface area contributed by atoms with Crippen molar-refractivity contribution in [3.05, 3.63) is 42.0 Å². The zero-order valence-corrected chi connectivity index (χ0v) is 11.7. The number of carbonyl (C=O) groups is 5. The minimum atomic E-state index is -1.00. The van der Waals surface area contributed by atoms with Crippen LogP contribution in [0.25, 0.3) is 0 Å². The fraction of sp³-hybridized carbons (Fsp3) is 0.133. The predicted octanol–water partition coefficient (Wildman–Crippen LogP) is 0.337.